The van der Waals surface area contributed by atoms with Crippen molar-refractivity contribution in [3.8, 4) is 11.3 Å². The molecule has 1 heterocycles. The zero-order chi connectivity index (χ0) is 18.0. The lowest BCUT2D eigenvalue weighted by molar-refractivity contribution is 0.102. The quantitative estimate of drug-likeness (QED) is 0.740. The van der Waals surface area contributed by atoms with E-state index in [1.807, 2.05) is 6.92 Å². The van der Waals surface area contributed by atoms with Gasteiger partial charge in [-0.2, -0.15) is 5.10 Å². The van der Waals surface area contributed by atoms with Gasteiger partial charge in [0, 0.05) is 17.2 Å². The van der Waals surface area contributed by atoms with Crippen LogP contribution in [-0.2, 0) is 6.42 Å². The highest BCUT2D eigenvalue weighted by atomic mass is 19.1. The lowest BCUT2D eigenvalue weighted by Gasteiger charge is -2.08. The molecule has 4 nitrogen and oxygen atoms in total. The monoisotopic (exact) mass is 345 g/mol. The standard InChI is InChI=1S/C18H14F3N3O/c1-2-15-17(16(24-23-15)10-4-3-5-12(19)6-10)22-18(25)11-7-13(20)9-14(21)8-11/h3-9H,2H2,1H3,(H,22,25)(H,23,24). The Morgan fingerprint density at radius 3 is 2.44 bits per heavy atom. The van der Waals surface area contributed by atoms with E-state index in [1.165, 1.54) is 18.2 Å². The third-order valence-corrected chi connectivity index (χ3v) is 3.66. The van der Waals surface area contributed by atoms with Gasteiger partial charge in [0.2, 0.25) is 0 Å². The third kappa shape index (κ3) is 3.55. The van der Waals surface area contributed by atoms with E-state index in [9.17, 15) is 18.0 Å². The number of nitrogens with zero attached hydrogens (tertiary/aromatic N) is 1. The summed E-state index contributed by atoms with van der Waals surface area (Å²) in [7, 11) is 0. The molecule has 0 fully saturated rings. The van der Waals surface area contributed by atoms with Crippen LogP contribution in [-0.4, -0.2) is 16.1 Å². The molecule has 3 rings (SSSR count). The molecule has 25 heavy (non-hydrogen) atoms. The number of benzene rings is 2. The van der Waals surface area contributed by atoms with Gasteiger partial charge in [0.05, 0.1) is 11.4 Å². The van der Waals surface area contributed by atoms with Crippen LogP contribution in [0.15, 0.2) is 42.5 Å². The number of rotatable bonds is 4. The van der Waals surface area contributed by atoms with Crippen LogP contribution in [0.4, 0.5) is 18.9 Å². The number of aromatic amines is 1. The van der Waals surface area contributed by atoms with Gasteiger partial charge < -0.3 is 5.32 Å². The summed E-state index contributed by atoms with van der Waals surface area (Å²) in [5, 5.41) is 9.52. The fourth-order valence-electron chi connectivity index (χ4n) is 2.48. The van der Waals surface area contributed by atoms with Crippen molar-refractivity contribution in [2.45, 2.75) is 13.3 Å². The maximum absolute atomic E-state index is 13.5. The van der Waals surface area contributed by atoms with E-state index in [4.69, 9.17) is 0 Å². The fourth-order valence-corrected chi connectivity index (χ4v) is 2.48. The van der Waals surface area contributed by atoms with Crippen LogP contribution in [0.3, 0.4) is 0 Å². The van der Waals surface area contributed by atoms with Gasteiger partial charge in [-0.3, -0.25) is 9.89 Å². The van der Waals surface area contributed by atoms with Gasteiger partial charge in [-0.1, -0.05) is 19.1 Å². The number of H-pyrrole nitrogens is 1. The first-order valence-electron chi connectivity index (χ1n) is 7.58. The van der Waals surface area contributed by atoms with E-state index in [0.717, 1.165) is 12.1 Å². The second kappa shape index (κ2) is 6.80. The Hall–Kier alpha value is -3.09. The first-order chi connectivity index (χ1) is 12.0. The van der Waals surface area contributed by atoms with Crippen LogP contribution >= 0.6 is 0 Å². The predicted molar refractivity (Wildman–Crippen MR) is 87.7 cm³/mol. The number of aromatic nitrogens is 2. The van der Waals surface area contributed by atoms with Gasteiger partial charge >= 0.3 is 0 Å². The molecule has 3 aromatic rings. The van der Waals surface area contributed by atoms with E-state index in [0.29, 0.717) is 35.1 Å². The van der Waals surface area contributed by atoms with Crippen LogP contribution < -0.4 is 5.32 Å². The molecular weight excluding hydrogens is 331 g/mol. The van der Waals surface area contributed by atoms with Crippen LogP contribution in [0.25, 0.3) is 11.3 Å². The van der Waals surface area contributed by atoms with Crippen molar-refractivity contribution in [2.24, 2.45) is 0 Å². The Morgan fingerprint density at radius 1 is 1.08 bits per heavy atom. The molecule has 0 unspecified atom stereocenters. The summed E-state index contributed by atoms with van der Waals surface area (Å²) in [4.78, 5) is 12.4. The summed E-state index contributed by atoms with van der Waals surface area (Å²) < 4.78 is 40.1. The minimum Gasteiger partial charge on any atom is -0.319 e. The number of carbonyl (C=O) groups excluding carboxylic acids is 1. The van der Waals surface area contributed by atoms with Crippen molar-refractivity contribution in [3.05, 3.63) is 71.2 Å². The molecule has 0 aliphatic rings. The summed E-state index contributed by atoms with van der Waals surface area (Å²) in [6, 6.07) is 8.31. The summed E-state index contributed by atoms with van der Waals surface area (Å²) >= 11 is 0. The van der Waals surface area contributed by atoms with E-state index in [-0.39, 0.29) is 5.56 Å². The van der Waals surface area contributed by atoms with Crippen molar-refractivity contribution in [3.63, 3.8) is 0 Å². The highest BCUT2D eigenvalue weighted by molar-refractivity contribution is 6.06. The maximum Gasteiger partial charge on any atom is 0.255 e. The third-order valence-electron chi connectivity index (χ3n) is 3.66. The van der Waals surface area contributed by atoms with Crippen molar-refractivity contribution in [1.29, 1.82) is 0 Å². The molecule has 7 heteroatoms. The maximum atomic E-state index is 13.5. The summed E-state index contributed by atoms with van der Waals surface area (Å²) in [6.07, 6.45) is 0.523. The number of hydrogen-bond acceptors (Lipinski definition) is 2. The zero-order valence-corrected chi connectivity index (χ0v) is 13.2. The zero-order valence-electron chi connectivity index (χ0n) is 13.2. The largest absolute Gasteiger partial charge is 0.319 e. The average molecular weight is 345 g/mol. The Labute approximate surface area is 141 Å². The SMILES string of the molecule is CCc1[nH]nc(-c2cccc(F)c2)c1NC(=O)c1cc(F)cc(F)c1. The number of carbonyl (C=O) groups is 1. The molecule has 0 bridgehead atoms. The number of amides is 1. The average Bonchev–Trinajstić information content (AvgIpc) is 2.96. The number of aryl methyl sites for hydroxylation is 1. The summed E-state index contributed by atoms with van der Waals surface area (Å²) in [6.45, 7) is 1.85. The molecule has 0 saturated heterocycles. The van der Waals surface area contributed by atoms with Crippen molar-refractivity contribution < 1.29 is 18.0 Å². The number of hydrogen-bond donors (Lipinski definition) is 2. The molecule has 0 atom stereocenters. The van der Waals surface area contributed by atoms with Gasteiger partial charge in [0.25, 0.3) is 5.91 Å². The number of halogens is 3. The Morgan fingerprint density at radius 2 is 1.80 bits per heavy atom. The molecule has 1 aromatic heterocycles. The van der Waals surface area contributed by atoms with Crippen molar-refractivity contribution in [1.82, 2.24) is 10.2 Å². The highest BCUT2D eigenvalue weighted by Crippen LogP contribution is 2.30. The van der Waals surface area contributed by atoms with Gasteiger partial charge in [0.1, 0.15) is 23.1 Å². The minimum absolute atomic E-state index is 0.161. The first-order valence-corrected chi connectivity index (χ1v) is 7.58. The molecule has 0 aliphatic heterocycles. The highest BCUT2D eigenvalue weighted by Gasteiger charge is 2.18. The van der Waals surface area contributed by atoms with E-state index >= 15 is 0 Å². The molecule has 0 radical (unpaired) electrons. The molecular formula is C18H14F3N3O. The van der Waals surface area contributed by atoms with Crippen molar-refractivity contribution >= 4 is 11.6 Å². The summed E-state index contributed by atoms with van der Waals surface area (Å²) in [5.74, 6) is -2.83. The second-order valence-electron chi connectivity index (χ2n) is 5.40. The Balaban J connectivity index is 1.99. The minimum atomic E-state index is -0.849. The first kappa shape index (κ1) is 16.8. The van der Waals surface area contributed by atoms with Crippen LogP contribution in [0.2, 0.25) is 0 Å². The topological polar surface area (TPSA) is 57.8 Å². The molecule has 2 aromatic carbocycles. The lowest BCUT2D eigenvalue weighted by atomic mass is 10.1. The van der Waals surface area contributed by atoms with Gasteiger partial charge in [0.15, 0.2) is 0 Å². The molecule has 2 N–H and O–H groups in total. The molecule has 0 saturated carbocycles. The van der Waals surface area contributed by atoms with Gasteiger partial charge in [-0.15, -0.1) is 0 Å². The normalized spacial score (nSPS) is 10.7. The predicted octanol–water partition coefficient (Wildman–Crippen LogP) is 4.31. The smallest absolute Gasteiger partial charge is 0.255 e. The second-order valence-corrected chi connectivity index (χ2v) is 5.40. The molecule has 0 spiro atoms. The van der Waals surface area contributed by atoms with E-state index in [1.54, 1.807) is 6.07 Å². The van der Waals surface area contributed by atoms with E-state index < -0.39 is 23.4 Å². The Kier molecular flexibility index (Phi) is 4.56. The van der Waals surface area contributed by atoms with Gasteiger partial charge in [-0.25, -0.2) is 13.2 Å². The van der Waals surface area contributed by atoms with Crippen molar-refractivity contribution in [2.75, 3.05) is 5.32 Å². The van der Waals surface area contributed by atoms with E-state index in [2.05, 4.69) is 15.5 Å². The van der Waals surface area contributed by atoms with Crippen LogP contribution in [0.5, 0.6) is 0 Å². The summed E-state index contributed by atoms with van der Waals surface area (Å²) in [5.41, 5.74) is 1.62. The fraction of sp³-hybridized carbons (Fsp3) is 0.111. The lowest BCUT2D eigenvalue weighted by Crippen LogP contribution is -2.14. The van der Waals surface area contributed by atoms with Gasteiger partial charge in [-0.05, 0) is 30.7 Å². The Bertz CT molecular complexity index is 917. The molecule has 128 valence electrons. The molecule has 0 aliphatic carbocycles. The number of anilines is 1. The number of nitrogens with one attached hydrogen (secondary N) is 2. The van der Waals surface area contributed by atoms with Crippen LogP contribution in [0.1, 0.15) is 23.0 Å². The van der Waals surface area contributed by atoms with Crippen LogP contribution in [0, 0.1) is 17.5 Å². The molecule has 1 amide bonds.